The lowest BCUT2D eigenvalue weighted by Crippen LogP contribution is -2.43. The Morgan fingerprint density at radius 2 is 1.70 bits per heavy atom. The molecule has 8 heteroatoms. The zero-order valence-electron chi connectivity index (χ0n) is 17.5. The maximum atomic E-state index is 12.9. The van der Waals surface area contributed by atoms with Crippen LogP contribution in [0.5, 0.6) is 0 Å². The van der Waals surface area contributed by atoms with Crippen LogP contribution >= 0.6 is 11.6 Å². The van der Waals surface area contributed by atoms with E-state index in [1.807, 2.05) is 30.3 Å². The summed E-state index contributed by atoms with van der Waals surface area (Å²) in [5.74, 6) is -1.01. The Hall–Kier alpha value is -3.97. The van der Waals surface area contributed by atoms with Crippen molar-refractivity contribution >= 4 is 29.1 Å². The van der Waals surface area contributed by atoms with Gasteiger partial charge in [-0.25, -0.2) is 9.78 Å². The average molecular weight is 462 g/mol. The van der Waals surface area contributed by atoms with Gasteiger partial charge in [-0.3, -0.25) is 14.0 Å². The molecule has 1 unspecified atom stereocenters. The van der Waals surface area contributed by atoms with Gasteiger partial charge >= 0.3 is 5.97 Å². The van der Waals surface area contributed by atoms with Gasteiger partial charge in [-0.05, 0) is 29.8 Å². The SMILES string of the molecule is O=C(NC(Cc1ccccc1)C(=O)OCc1cc(=O)n2cc(Cl)ccc2n1)c1ccccc1. The van der Waals surface area contributed by atoms with Crippen molar-refractivity contribution in [2.75, 3.05) is 0 Å². The van der Waals surface area contributed by atoms with Crippen LogP contribution in [0.3, 0.4) is 0 Å². The van der Waals surface area contributed by atoms with Crippen LogP contribution in [-0.4, -0.2) is 27.3 Å². The fourth-order valence-corrected chi connectivity index (χ4v) is 3.48. The van der Waals surface area contributed by atoms with Gasteiger partial charge in [0.25, 0.3) is 11.5 Å². The van der Waals surface area contributed by atoms with E-state index in [0.717, 1.165) is 5.56 Å². The first-order valence-corrected chi connectivity index (χ1v) is 10.6. The molecule has 0 saturated carbocycles. The monoisotopic (exact) mass is 461 g/mol. The Morgan fingerprint density at radius 3 is 2.42 bits per heavy atom. The van der Waals surface area contributed by atoms with Crippen LogP contribution in [0.2, 0.25) is 5.02 Å². The third kappa shape index (κ3) is 5.64. The third-order valence-corrected chi connectivity index (χ3v) is 5.17. The van der Waals surface area contributed by atoms with Crippen LogP contribution in [0.1, 0.15) is 21.6 Å². The van der Waals surface area contributed by atoms with Crippen molar-refractivity contribution in [3.63, 3.8) is 0 Å². The Kier molecular flexibility index (Phi) is 6.80. The summed E-state index contributed by atoms with van der Waals surface area (Å²) in [6, 6.07) is 21.5. The molecule has 0 spiro atoms. The standard InChI is InChI=1S/C25H20ClN3O4/c26-19-11-12-22-27-20(14-23(30)29(22)15-19)16-33-25(32)21(13-17-7-3-1-4-8-17)28-24(31)18-9-5-2-6-10-18/h1-12,14-15,21H,13,16H2,(H,28,31). The number of fused-ring (bicyclic) bond motifs is 1. The topological polar surface area (TPSA) is 89.8 Å². The molecule has 2 heterocycles. The Bertz CT molecular complexity index is 1340. The molecule has 0 aliphatic heterocycles. The first-order valence-electron chi connectivity index (χ1n) is 10.2. The molecule has 0 aliphatic rings. The van der Waals surface area contributed by atoms with E-state index in [9.17, 15) is 14.4 Å². The summed E-state index contributed by atoms with van der Waals surface area (Å²) >= 11 is 5.93. The number of esters is 1. The Morgan fingerprint density at radius 1 is 1.00 bits per heavy atom. The Balaban J connectivity index is 1.51. The van der Waals surface area contributed by atoms with Crippen LogP contribution in [-0.2, 0) is 22.6 Å². The molecule has 1 atom stereocenters. The number of aromatic nitrogens is 2. The molecule has 0 fully saturated rings. The fraction of sp³-hybridized carbons (Fsp3) is 0.120. The summed E-state index contributed by atoms with van der Waals surface area (Å²) in [6.07, 6.45) is 1.72. The smallest absolute Gasteiger partial charge is 0.329 e. The van der Waals surface area contributed by atoms with E-state index in [1.54, 1.807) is 42.5 Å². The van der Waals surface area contributed by atoms with E-state index < -0.39 is 12.0 Å². The van der Waals surface area contributed by atoms with Crippen LogP contribution in [0.15, 0.2) is 89.9 Å². The zero-order chi connectivity index (χ0) is 23.2. The molecule has 0 bridgehead atoms. The second-order valence-corrected chi connectivity index (χ2v) is 7.79. The van der Waals surface area contributed by atoms with E-state index in [-0.39, 0.29) is 24.5 Å². The van der Waals surface area contributed by atoms with Crippen molar-refractivity contribution in [3.8, 4) is 0 Å². The third-order valence-electron chi connectivity index (χ3n) is 4.95. The second kappa shape index (κ2) is 10.1. The van der Waals surface area contributed by atoms with Gasteiger partial charge in [0.05, 0.1) is 10.7 Å². The number of pyridine rings is 1. The minimum atomic E-state index is -0.916. The molecule has 1 N–H and O–H groups in total. The molecule has 0 saturated heterocycles. The van der Waals surface area contributed by atoms with E-state index in [2.05, 4.69) is 10.3 Å². The van der Waals surface area contributed by atoms with Crippen molar-refractivity contribution in [2.45, 2.75) is 19.1 Å². The zero-order valence-corrected chi connectivity index (χ0v) is 18.2. The van der Waals surface area contributed by atoms with Crippen LogP contribution in [0.4, 0.5) is 0 Å². The summed E-state index contributed by atoms with van der Waals surface area (Å²) in [5, 5.41) is 3.16. The van der Waals surface area contributed by atoms with E-state index in [4.69, 9.17) is 16.3 Å². The van der Waals surface area contributed by atoms with Crippen molar-refractivity contribution in [1.82, 2.24) is 14.7 Å². The number of ether oxygens (including phenoxy) is 1. The minimum Gasteiger partial charge on any atom is -0.458 e. The normalized spacial score (nSPS) is 11.7. The number of amides is 1. The number of rotatable bonds is 7. The first-order chi connectivity index (χ1) is 16.0. The van der Waals surface area contributed by atoms with Crippen molar-refractivity contribution in [2.24, 2.45) is 0 Å². The van der Waals surface area contributed by atoms with Gasteiger partial charge in [0, 0.05) is 24.2 Å². The lowest BCUT2D eigenvalue weighted by molar-refractivity contribution is -0.147. The van der Waals surface area contributed by atoms with Gasteiger partial charge in [0.1, 0.15) is 18.3 Å². The van der Waals surface area contributed by atoms with Gasteiger partial charge in [0.2, 0.25) is 0 Å². The number of nitrogens with one attached hydrogen (secondary N) is 1. The van der Waals surface area contributed by atoms with Crippen molar-refractivity contribution in [1.29, 1.82) is 0 Å². The summed E-state index contributed by atoms with van der Waals surface area (Å²) in [4.78, 5) is 42.3. The molecule has 4 rings (SSSR count). The summed E-state index contributed by atoms with van der Waals surface area (Å²) in [5.41, 5.74) is 1.64. The highest BCUT2D eigenvalue weighted by Crippen LogP contribution is 2.10. The fourth-order valence-electron chi connectivity index (χ4n) is 3.32. The lowest BCUT2D eigenvalue weighted by atomic mass is 10.1. The van der Waals surface area contributed by atoms with E-state index in [1.165, 1.54) is 16.7 Å². The van der Waals surface area contributed by atoms with Gasteiger partial charge in [-0.1, -0.05) is 60.1 Å². The van der Waals surface area contributed by atoms with Gasteiger partial charge in [0.15, 0.2) is 0 Å². The molecule has 0 aliphatic carbocycles. The maximum absolute atomic E-state index is 12.9. The highest BCUT2D eigenvalue weighted by molar-refractivity contribution is 6.30. The highest BCUT2D eigenvalue weighted by Gasteiger charge is 2.24. The molecule has 2 aromatic carbocycles. The first kappa shape index (κ1) is 22.2. The molecule has 166 valence electrons. The molecule has 4 aromatic rings. The highest BCUT2D eigenvalue weighted by atomic mass is 35.5. The van der Waals surface area contributed by atoms with Crippen molar-refractivity contribution in [3.05, 3.63) is 117 Å². The van der Waals surface area contributed by atoms with Gasteiger partial charge in [-0.15, -0.1) is 0 Å². The number of halogens is 1. The number of hydrogen-bond acceptors (Lipinski definition) is 5. The maximum Gasteiger partial charge on any atom is 0.329 e. The number of benzene rings is 2. The van der Waals surface area contributed by atoms with E-state index in [0.29, 0.717) is 21.9 Å². The predicted molar refractivity (Wildman–Crippen MR) is 124 cm³/mol. The van der Waals surface area contributed by atoms with E-state index >= 15 is 0 Å². The molecule has 0 radical (unpaired) electrons. The van der Waals surface area contributed by atoms with Gasteiger partial charge < -0.3 is 10.1 Å². The molecule has 2 aromatic heterocycles. The number of carbonyl (C=O) groups excluding carboxylic acids is 2. The summed E-state index contributed by atoms with van der Waals surface area (Å²) in [6.45, 7) is -0.209. The minimum absolute atomic E-state index is 0.209. The molecular weight excluding hydrogens is 442 g/mol. The molecular formula is C25H20ClN3O4. The van der Waals surface area contributed by atoms with Crippen LogP contribution in [0.25, 0.3) is 5.65 Å². The number of carbonyl (C=O) groups is 2. The predicted octanol–water partition coefficient (Wildman–Crippen LogP) is 3.43. The number of hydrogen-bond donors (Lipinski definition) is 1. The molecule has 7 nitrogen and oxygen atoms in total. The number of nitrogens with zero attached hydrogens (tertiary/aromatic N) is 2. The quantitative estimate of drug-likeness (QED) is 0.426. The summed E-state index contributed by atoms with van der Waals surface area (Å²) in [7, 11) is 0. The van der Waals surface area contributed by atoms with Crippen molar-refractivity contribution < 1.29 is 14.3 Å². The Labute approximate surface area is 194 Å². The molecule has 33 heavy (non-hydrogen) atoms. The average Bonchev–Trinajstić information content (AvgIpc) is 2.83. The lowest BCUT2D eigenvalue weighted by Gasteiger charge is -2.18. The van der Waals surface area contributed by atoms with Crippen LogP contribution in [0, 0.1) is 0 Å². The molecule has 1 amide bonds. The summed E-state index contributed by atoms with van der Waals surface area (Å²) < 4.78 is 6.75. The largest absolute Gasteiger partial charge is 0.458 e. The second-order valence-electron chi connectivity index (χ2n) is 7.35. The van der Waals surface area contributed by atoms with Crippen LogP contribution < -0.4 is 10.9 Å². The van der Waals surface area contributed by atoms with Gasteiger partial charge in [-0.2, -0.15) is 0 Å².